The fourth-order valence-electron chi connectivity index (χ4n) is 2.66. The van der Waals surface area contributed by atoms with Gasteiger partial charge in [0.2, 0.25) is 5.91 Å². The minimum atomic E-state index is 0.0516. The highest BCUT2D eigenvalue weighted by Crippen LogP contribution is 2.68. The van der Waals surface area contributed by atoms with E-state index < -0.39 is 0 Å². The molecule has 0 aromatic carbocycles. The fourth-order valence-corrected chi connectivity index (χ4v) is 2.87. The number of rotatable bonds is 2. The van der Waals surface area contributed by atoms with Gasteiger partial charge in [0.25, 0.3) is 0 Å². The van der Waals surface area contributed by atoms with Crippen molar-refractivity contribution in [1.29, 1.82) is 0 Å². The topological polar surface area (TPSA) is 42.0 Å². The van der Waals surface area contributed by atoms with Crippen molar-refractivity contribution in [3.8, 4) is 0 Å². The molecule has 0 radical (unpaired) electrons. The van der Waals surface area contributed by atoms with Gasteiger partial charge in [0.1, 0.15) is 5.82 Å². The Kier molecular flexibility index (Phi) is 3.05. The zero-order valence-electron chi connectivity index (χ0n) is 11.5. The molecule has 1 heterocycles. The van der Waals surface area contributed by atoms with Crippen LogP contribution < -0.4 is 5.32 Å². The number of carbonyl (C=O) groups excluding carboxylic acids is 1. The summed E-state index contributed by atoms with van der Waals surface area (Å²) in [4.78, 5) is 16.4. The second-order valence-electron chi connectivity index (χ2n) is 6.18. The van der Waals surface area contributed by atoms with Crippen LogP contribution in [0.2, 0.25) is 0 Å². The van der Waals surface area contributed by atoms with E-state index in [2.05, 4.69) is 53.9 Å². The maximum absolute atomic E-state index is 12.2. The van der Waals surface area contributed by atoms with E-state index in [1.807, 2.05) is 13.0 Å². The molecule has 0 atom stereocenters. The van der Waals surface area contributed by atoms with Crippen LogP contribution >= 0.6 is 15.9 Å². The number of hydrogen-bond acceptors (Lipinski definition) is 2. The van der Waals surface area contributed by atoms with E-state index in [-0.39, 0.29) is 22.7 Å². The predicted octanol–water partition coefficient (Wildman–Crippen LogP) is 3.77. The second kappa shape index (κ2) is 4.05. The predicted molar refractivity (Wildman–Crippen MR) is 76.4 cm³/mol. The molecule has 1 saturated carbocycles. The SMILES string of the molecule is Cc1cc(NC(=O)C2C(C)(C)C2(C)C)ncc1Br. The third-order valence-electron chi connectivity index (χ3n) is 4.58. The standard InChI is InChI=1S/C14H19BrN2O/c1-8-6-10(16-7-9(8)15)17-12(18)11-13(2,3)14(11,4)5/h6-7,11H,1-5H3,(H,16,17,18). The molecule has 1 aromatic heterocycles. The van der Waals surface area contributed by atoms with Gasteiger partial charge in [0, 0.05) is 16.6 Å². The first-order valence-electron chi connectivity index (χ1n) is 6.11. The van der Waals surface area contributed by atoms with Crippen LogP contribution in [0.3, 0.4) is 0 Å². The van der Waals surface area contributed by atoms with Crippen molar-refractivity contribution < 1.29 is 4.79 Å². The largest absolute Gasteiger partial charge is 0.310 e. The fraction of sp³-hybridized carbons (Fsp3) is 0.571. The van der Waals surface area contributed by atoms with Crippen LogP contribution in [0.5, 0.6) is 0 Å². The molecule has 1 fully saturated rings. The lowest BCUT2D eigenvalue weighted by Gasteiger charge is -2.07. The Morgan fingerprint density at radius 3 is 2.33 bits per heavy atom. The van der Waals surface area contributed by atoms with E-state index in [1.54, 1.807) is 6.20 Å². The minimum absolute atomic E-state index is 0.0516. The Labute approximate surface area is 117 Å². The van der Waals surface area contributed by atoms with Crippen LogP contribution in [0.1, 0.15) is 33.3 Å². The summed E-state index contributed by atoms with van der Waals surface area (Å²) in [5, 5.41) is 2.91. The van der Waals surface area contributed by atoms with Gasteiger partial charge < -0.3 is 5.32 Å². The molecule has 0 spiro atoms. The van der Waals surface area contributed by atoms with Crippen molar-refractivity contribution in [3.05, 3.63) is 22.3 Å². The smallest absolute Gasteiger partial charge is 0.229 e. The molecule has 0 aliphatic heterocycles. The van der Waals surface area contributed by atoms with Crippen LogP contribution in [0.25, 0.3) is 0 Å². The number of hydrogen-bond donors (Lipinski definition) is 1. The molecular weight excluding hydrogens is 292 g/mol. The molecule has 1 amide bonds. The maximum atomic E-state index is 12.2. The van der Waals surface area contributed by atoms with E-state index in [1.165, 1.54) is 0 Å². The van der Waals surface area contributed by atoms with Crippen LogP contribution in [0.15, 0.2) is 16.7 Å². The molecule has 4 heteroatoms. The van der Waals surface area contributed by atoms with E-state index in [0.29, 0.717) is 5.82 Å². The van der Waals surface area contributed by atoms with E-state index in [9.17, 15) is 4.79 Å². The molecule has 98 valence electrons. The molecule has 1 aliphatic carbocycles. The molecule has 1 aromatic rings. The normalized spacial score (nSPS) is 20.6. The highest BCUT2D eigenvalue weighted by atomic mass is 79.9. The number of nitrogens with zero attached hydrogens (tertiary/aromatic N) is 1. The van der Waals surface area contributed by atoms with E-state index in [4.69, 9.17) is 0 Å². The monoisotopic (exact) mass is 310 g/mol. The number of amides is 1. The van der Waals surface area contributed by atoms with Crippen molar-refractivity contribution in [3.63, 3.8) is 0 Å². The summed E-state index contributed by atoms with van der Waals surface area (Å²) in [7, 11) is 0. The Morgan fingerprint density at radius 2 is 1.89 bits per heavy atom. The van der Waals surface area contributed by atoms with Crippen LogP contribution in [-0.4, -0.2) is 10.9 Å². The van der Waals surface area contributed by atoms with Crippen molar-refractivity contribution in [2.75, 3.05) is 5.32 Å². The lowest BCUT2D eigenvalue weighted by atomic mass is 10.0. The molecule has 0 unspecified atom stereocenters. The van der Waals surface area contributed by atoms with Crippen molar-refractivity contribution in [1.82, 2.24) is 4.98 Å². The second-order valence-corrected chi connectivity index (χ2v) is 7.04. The first-order valence-corrected chi connectivity index (χ1v) is 6.90. The van der Waals surface area contributed by atoms with Crippen LogP contribution in [0, 0.1) is 23.7 Å². The zero-order valence-corrected chi connectivity index (χ0v) is 13.1. The van der Waals surface area contributed by atoms with Crippen molar-refractivity contribution >= 4 is 27.7 Å². The van der Waals surface area contributed by atoms with E-state index in [0.717, 1.165) is 10.0 Å². The van der Waals surface area contributed by atoms with Crippen LogP contribution in [0.4, 0.5) is 5.82 Å². The summed E-state index contributed by atoms with van der Waals surface area (Å²) in [6.07, 6.45) is 1.72. The summed E-state index contributed by atoms with van der Waals surface area (Å²) in [5.74, 6) is 0.745. The van der Waals surface area contributed by atoms with E-state index >= 15 is 0 Å². The summed E-state index contributed by atoms with van der Waals surface area (Å²) in [6.45, 7) is 10.5. The summed E-state index contributed by atoms with van der Waals surface area (Å²) < 4.78 is 0.951. The number of aryl methyl sites for hydroxylation is 1. The summed E-state index contributed by atoms with van der Waals surface area (Å²) in [5.41, 5.74) is 1.18. The number of nitrogens with one attached hydrogen (secondary N) is 1. The molecule has 2 rings (SSSR count). The first-order chi connectivity index (χ1) is 8.18. The number of carbonyl (C=O) groups is 1. The van der Waals surface area contributed by atoms with Crippen molar-refractivity contribution in [2.24, 2.45) is 16.7 Å². The minimum Gasteiger partial charge on any atom is -0.310 e. The lowest BCUT2D eigenvalue weighted by Crippen LogP contribution is -2.18. The van der Waals surface area contributed by atoms with Gasteiger partial charge in [-0.15, -0.1) is 0 Å². The Hall–Kier alpha value is -0.900. The Balaban J connectivity index is 2.12. The Bertz CT molecular complexity index is 495. The van der Waals surface area contributed by atoms with Gasteiger partial charge in [-0.25, -0.2) is 4.98 Å². The maximum Gasteiger partial charge on any atom is 0.229 e. The average Bonchev–Trinajstić information content (AvgIpc) is 2.63. The van der Waals surface area contributed by atoms with Gasteiger partial charge >= 0.3 is 0 Å². The molecule has 0 bridgehead atoms. The van der Waals surface area contributed by atoms with Gasteiger partial charge in [-0.3, -0.25) is 4.79 Å². The number of anilines is 1. The lowest BCUT2D eigenvalue weighted by molar-refractivity contribution is -0.118. The highest BCUT2D eigenvalue weighted by molar-refractivity contribution is 9.10. The number of pyridine rings is 1. The van der Waals surface area contributed by atoms with Gasteiger partial charge in [-0.2, -0.15) is 0 Å². The average molecular weight is 311 g/mol. The number of halogens is 1. The van der Waals surface area contributed by atoms with Gasteiger partial charge in [0.15, 0.2) is 0 Å². The summed E-state index contributed by atoms with van der Waals surface area (Å²) in [6, 6.07) is 1.88. The van der Waals surface area contributed by atoms with Crippen LogP contribution in [-0.2, 0) is 4.79 Å². The molecule has 1 aliphatic rings. The molecule has 0 saturated heterocycles. The third kappa shape index (κ3) is 1.96. The zero-order chi connectivity index (χ0) is 13.7. The first kappa shape index (κ1) is 13.5. The summed E-state index contributed by atoms with van der Waals surface area (Å²) >= 11 is 3.40. The third-order valence-corrected chi connectivity index (χ3v) is 5.41. The quantitative estimate of drug-likeness (QED) is 0.903. The molecule has 3 nitrogen and oxygen atoms in total. The molecular formula is C14H19BrN2O. The number of aromatic nitrogens is 1. The molecule has 18 heavy (non-hydrogen) atoms. The van der Waals surface area contributed by atoms with Gasteiger partial charge in [-0.05, 0) is 45.3 Å². The Morgan fingerprint density at radius 1 is 1.33 bits per heavy atom. The van der Waals surface area contributed by atoms with Crippen molar-refractivity contribution in [2.45, 2.75) is 34.6 Å². The molecule has 1 N–H and O–H groups in total. The van der Waals surface area contributed by atoms with Gasteiger partial charge in [0.05, 0.1) is 0 Å². The highest BCUT2D eigenvalue weighted by Gasteiger charge is 2.68. The van der Waals surface area contributed by atoms with Gasteiger partial charge in [-0.1, -0.05) is 27.7 Å².